The third kappa shape index (κ3) is 1.55. The molecule has 0 N–H and O–H groups in total. The zero-order chi connectivity index (χ0) is 15.5. The van der Waals surface area contributed by atoms with Gasteiger partial charge >= 0.3 is 0 Å². The molecule has 22 heavy (non-hydrogen) atoms. The molecule has 0 spiro atoms. The fourth-order valence-corrected chi connectivity index (χ4v) is 3.60. The van der Waals surface area contributed by atoms with E-state index in [0.29, 0.717) is 0 Å². The Morgan fingerprint density at radius 2 is 1.64 bits per heavy atom. The number of ketones is 1. The van der Waals surface area contributed by atoms with Crippen LogP contribution < -0.4 is 0 Å². The number of para-hydroxylation sites is 1. The largest absolute Gasteiger partial charge is 0.289 e. The van der Waals surface area contributed by atoms with E-state index < -0.39 is 0 Å². The van der Waals surface area contributed by atoms with E-state index in [4.69, 9.17) is 4.98 Å². The zero-order valence-corrected chi connectivity index (χ0v) is 13.0. The van der Waals surface area contributed by atoms with E-state index in [2.05, 4.69) is 13.8 Å². The molecule has 2 nitrogen and oxygen atoms in total. The van der Waals surface area contributed by atoms with Crippen LogP contribution in [0.15, 0.2) is 48.5 Å². The molecule has 1 heterocycles. The van der Waals surface area contributed by atoms with Crippen LogP contribution in [-0.4, -0.2) is 10.8 Å². The van der Waals surface area contributed by atoms with Crippen molar-refractivity contribution in [2.75, 3.05) is 0 Å². The van der Waals surface area contributed by atoms with Gasteiger partial charge in [0.2, 0.25) is 0 Å². The van der Waals surface area contributed by atoms with Gasteiger partial charge in [-0.15, -0.1) is 0 Å². The fourth-order valence-electron chi connectivity index (χ4n) is 3.60. The Morgan fingerprint density at radius 1 is 0.955 bits per heavy atom. The molecule has 2 aromatic carbocycles. The number of fused-ring (bicyclic) bond motifs is 3. The normalized spacial score (nSPS) is 15.5. The van der Waals surface area contributed by atoms with Crippen LogP contribution in [0.25, 0.3) is 10.9 Å². The second-order valence-electron chi connectivity index (χ2n) is 6.48. The molecule has 2 heteroatoms. The maximum Gasteiger partial charge on any atom is 0.195 e. The summed E-state index contributed by atoms with van der Waals surface area (Å²) in [6.07, 6.45) is 0. The van der Waals surface area contributed by atoms with Gasteiger partial charge in [-0.3, -0.25) is 9.78 Å². The minimum absolute atomic E-state index is 0.0979. The van der Waals surface area contributed by atoms with E-state index in [1.807, 2.05) is 55.5 Å². The fraction of sp³-hybridized carbons (Fsp3) is 0.200. The lowest BCUT2D eigenvalue weighted by molar-refractivity contribution is 0.103. The SMILES string of the molecule is Cc1c2c(nc3ccccc13)C(C)(C)c1ccccc1C2=O. The average Bonchev–Trinajstić information content (AvgIpc) is 2.53. The highest BCUT2D eigenvalue weighted by Gasteiger charge is 2.39. The minimum Gasteiger partial charge on any atom is -0.289 e. The van der Waals surface area contributed by atoms with Crippen molar-refractivity contribution in [3.8, 4) is 0 Å². The number of hydrogen-bond acceptors (Lipinski definition) is 2. The maximum absolute atomic E-state index is 13.0. The van der Waals surface area contributed by atoms with Crippen LogP contribution in [0.1, 0.15) is 46.6 Å². The monoisotopic (exact) mass is 287 g/mol. The van der Waals surface area contributed by atoms with Crippen LogP contribution in [0.5, 0.6) is 0 Å². The van der Waals surface area contributed by atoms with Gasteiger partial charge in [-0.1, -0.05) is 56.3 Å². The molecule has 0 aliphatic heterocycles. The van der Waals surface area contributed by atoms with Gasteiger partial charge < -0.3 is 0 Å². The molecule has 1 aliphatic carbocycles. The first kappa shape index (κ1) is 13.2. The van der Waals surface area contributed by atoms with Crippen molar-refractivity contribution in [2.24, 2.45) is 0 Å². The number of hydrogen-bond donors (Lipinski definition) is 0. The first-order valence-electron chi connectivity index (χ1n) is 7.56. The number of aromatic nitrogens is 1. The first-order valence-corrected chi connectivity index (χ1v) is 7.56. The number of aryl methyl sites for hydroxylation is 1. The summed E-state index contributed by atoms with van der Waals surface area (Å²) in [5.41, 5.74) is 5.27. The lowest BCUT2D eigenvalue weighted by Crippen LogP contribution is -2.32. The standard InChI is InChI=1S/C20H17NO/c1-12-13-8-5-7-11-16(13)21-19-17(12)18(22)14-9-4-6-10-15(14)20(19,2)3/h4-11H,1-3H3. The predicted octanol–water partition coefficient (Wildman–Crippen LogP) is 4.41. The summed E-state index contributed by atoms with van der Waals surface area (Å²) in [7, 11) is 0. The number of nitrogens with zero attached hydrogens (tertiary/aromatic N) is 1. The molecule has 0 radical (unpaired) electrons. The topological polar surface area (TPSA) is 30.0 Å². The zero-order valence-electron chi connectivity index (χ0n) is 13.0. The minimum atomic E-state index is -0.269. The van der Waals surface area contributed by atoms with Gasteiger partial charge in [0, 0.05) is 21.9 Å². The third-order valence-corrected chi connectivity index (χ3v) is 4.82. The second kappa shape index (κ2) is 4.26. The molecule has 1 aromatic heterocycles. The van der Waals surface area contributed by atoms with Crippen molar-refractivity contribution in [1.82, 2.24) is 4.98 Å². The molecule has 108 valence electrons. The maximum atomic E-state index is 13.0. The van der Waals surface area contributed by atoms with Gasteiger partial charge in [0.25, 0.3) is 0 Å². The summed E-state index contributed by atoms with van der Waals surface area (Å²) in [6, 6.07) is 15.9. The Hall–Kier alpha value is -2.48. The summed E-state index contributed by atoms with van der Waals surface area (Å²) in [5, 5.41) is 1.06. The molecule has 0 atom stereocenters. The highest BCUT2D eigenvalue weighted by molar-refractivity contribution is 6.15. The Kier molecular flexibility index (Phi) is 2.56. The summed E-state index contributed by atoms with van der Waals surface area (Å²) in [4.78, 5) is 17.9. The summed E-state index contributed by atoms with van der Waals surface area (Å²) >= 11 is 0. The van der Waals surface area contributed by atoms with E-state index in [-0.39, 0.29) is 11.2 Å². The van der Waals surface area contributed by atoms with Gasteiger partial charge in [0.05, 0.1) is 11.2 Å². The van der Waals surface area contributed by atoms with Crippen LogP contribution in [0.4, 0.5) is 0 Å². The summed E-state index contributed by atoms with van der Waals surface area (Å²) in [6.45, 7) is 6.33. The van der Waals surface area contributed by atoms with Crippen molar-refractivity contribution in [2.45, 2.75) is 26.2 Å². The van der Waals surface area contributed by atoms with Crippen LogP contribution in [0, 0.1) is 6.92 Å². The molecule has 0 unspecified atom stereocenters. The van der Waals surface area contributed by atoms with Crippen LogP contribution >= 0.6 is 0 Å². The lowest BCUT2D eigenvalue weighted by atomic mass is 9.70. The van der Waals surface area contributed by atoms with Gasteiger partial charge in [-0.25, -0.2) is 0 Å². The summed E-state index contributed by atoms with van der Waals surface area (Å²) in [5.74, 6) is 0.0979. The van der Waals surface area contributed by atoms with E-state index in [1.165, 1.54) is 0 Å². The summed E-state index contributed by atoms with van der Waals surface area (Å²) < 4.78 is 0. The molecule has 0 amide bonds. The number of carbonyl (C=O) groups excluding carboxylic acids is 1. The molecular formula is C20H17NO. The first-order chi connectivity index (χ1) is 10.5. The molecular weight excluding hydrogens is 270 g/mol. The molecule has 0 saturated heterocycles. The highest BCUT2D eigenvalue weighted by atomic mass is 16.1. The Bertz CT molecular complexity index is 938. The van der Waals surface area contributed by atoms with E-state index >= 15 is 0 Å². The highest BCUT2D eigenvalue weighted by Crippen LogP contribution is 2.42. The Labute approximate surface area is 129 Å². The van der Waals surface area contributed by atoms with Crippen molar-refractivity contribution in [3.05, 3.63) is 76.5 Å². The van der Waals surface area contributed by atoms with Crippen LogP contribution in [0.2, 0.25) is 0 Å². The number of rotatable bonds is 0. The van der Waals surface area contributed by atoms with E-state index in [9.17, 15) is 4.79 Å². The number of carbonyl (C=O) groups is 1. The van der Waals surface area contributed by atoms with Gasteiger partial charge in [-0.2, -0.15) is 0 Å². The molecule has 4 rings (SSSR count). The third-order valence-electron chi connectivity index (χ3n) is 4.82. The van der Waals surface area contributed by atoms with Crippen molar-refractivity contribution in [3.63, 3.8) is 0 Å². The smallest absolute Gasteiger partial charge is 0.195 e. The lowest BCUT2D eigenvalue weighted by Gasteiger charge is -2.34. The molecule has 0 fully saturated rings. The predicted molar refractivity (Wildman–Crippen MR) is 88.5 cm³/mol. The van der Waals surface area contributed by atoms with Crippen LogP contribution in [0.3, 0.4) is 0 Å². The average molecular weight is 287 g/mol. The van der Waals surface area contributed by atoms with Crippen molar-refractivity contribution < 1.29 is 4.79 Å². The molecule has 1 aliphatic rings. The quantitative estimate of drug-likeness (QED) is 0.613. The van der Waals surface area contributed by atoms with Gasteiger partial charge in [0.1, 0.15) is 0 Å². The molecule has 0 saturated carbocycles. The van der Waals surface area contributed by atoms with Crippen LogP contribution in [-0.2, 0) is 5.41 Å². The number of benzene rings is 2. The number of pyridine rings is 1. The molecule has 0 bridgehead atoms. The molecule has 3 aromatic rings. The van der Waals surface area contributed by atoms with Gasteiger partial charge in [-0.05, 0) is 24.1 Å². The van der Waals surface area contributed by atoms with E-state index in [0.717, 1.165) is 38.9 Å². The van der Waals surface area contributed by atoms with Crippen molar-refractivity contribution >= 4 is 16.7 Å². The van der Waals surface area contributed by atoms with Crippen molar-refractivity contribution in [1.29, 1.82) is 0 Å². The van der Waals surface area contributed by atoms with E-state index in [1.54, 1.807) is 0 Å². The Morgan fingerprint density at radius 3 is 2.45 bits per heavy atom. The Balaban J connectivity index is 2.16. The van der Waals surface area contributed by atoms with Gasteiger partial charge in [0.15, 0.2) is 5.78 Å². The second-order valence-corrected chi connectivity index (χ2v) is 6.48.